The van der Waals surface area contributed by atoms with Crippen LogP contribution in [0.5, 0.6) is 0 Å². The van der Waals surface area contributed by atoms with E-state index in [-0.39, 0.29) is 24.8 Å². The summed E-state index contributed by atoms with van der Waals surface area (Å²) in [6.07, 6.45) is 0.893. The van der Waals surface area contributed by atoms with Crippen molar-refractivity contribution in [2.75, 3.05) is 6.54 Å². The van der Waals surface area contributed by atoms with Crippen molar-refractivity contribution in [1.29, 1.82) is 0 Å². The van der Waals surface area contributed by atoms with Crippen molar-refractivity contribution >= 4 is 18.0 Å². The van der Waals surface area contributed by atoms with Gasteiger partial charge in [0.2, 0.25) is 0 Å². The summed E-state index contributed by atoms with van der Waals surface area (Å²) in [6, 6.07) is 0. The predicted octanol–water partition coefficient (Wildman–Crippen LogP) is 3.81. The number of alkyl carbamates (subject to hydrolysis) is 1. The van der Waals surface area contributed by atoms with Crippen molar-refractivity contribution in [3.8, 4) is 0 Å². The average molecular weight is 373 g/mol. The van der Waals surface area contributed by atoms with Gasteiger partial charge in [-0.2, -0.15) is 0 Å². The molecule has 1 amide bonds. The van der Waals surface area contributed by atoms with Crippen molar-refractivity contribution in [1.82, 2.24) is 5.32 Å². The molecule has 0 aliphatic rings. The molecular weight excluding hydrogens is 338 g/mol. The van der Waals surface area contributed by atoms with Crippen molar-refractivity contribution in [2.45, 2.75) is 73.5 Å². The Morgan fingerprint density at radius 3 is 2.08 bits per heavy atom. The fourth-order valence-corrected chi connectivity index (χ4v) is 2.36. The number of carbonyl (C=O) groups excluding carboxylic acids is 2. The zero-order valence-corrected chi connectivity index (χ0v) is 16.9. The molecule has 0 heterocycles. The monoisotopic (exact) mass is 373 g/mol. The van der Waals surface area contributed by atoms with Crippen LogP contribution >= 0.6 is 0 Å². The maximum Gasteiger partial charge on any atom is 0.410 e. The number of ether oxygens (including phenoxy) is 2. The first kappa shape index (κ1) is 24.2. The first-order chi connectivity index (χ1) is 12.1. The quantitative estimate of drug-likeness (QED) is 0.398. The second-order valence-corrected chi connectivity index (χ2v) is 7.59. The minimum atomic E-state index is -0.990. The molecule has 0 spiro atoms. The molecule has 0 saturated carbocycles. The SMILES string of the molecule is CCC(=O)O[C@H](OC(=O)NC[C@@H](C[C@@H](C)CCC(C)C)C(=O)O)C(C)C. The molecule has 3 atom stereocenters. The lowest BCUT2D eigenvalue weighted by Gasteiger charge is -2.22. The van der Waals surface area contributed by atoms with Crippen LogP contribution < -0.4 is 5.32 Å². The second-order valence-electron chi connectivity index (χ2n) is 7.59. The molecule has 0 bridgehead atoms. The average Bonchev–Trinajstić information content (AvgIpc) is 2.55. The first-order valence-corrected chi connectivity index (χ1v) is 9.43. The number of hydrogen-bond donors (Lipinski definition) is 2. The molecule has 2 N–H and O–H groups in total. The van der Waals surface area contributed by atoms with Gasteiger partial charge in [-0.25, -0.2) is 4.79 Å². The van der Waals surface area contributed by atoms with E-state index in [4.69, 9.17) is 9.47 Å². The number of hydrogen-bond acceptors (Lipinski definition) is 5. The topological polar surface area (TPSA) is 102 Å². The van der Waals surface area contributed by atoms with Gasteiger partial charge < -0.3 is 19.9 Å². The van der Waals surface area contributed by atoms with E-state index in [0.29, 0.717) is 12.3 Å². The zero-order valence-electron chi connectivity index (χ0n) is 16.9. The molecule has 0 unspecified atom stereocenters. The van der Waals surface area contributed by atoms with Crippen LogP contribution in [0.15, 0.2) is 0 Å². The molecule has 7 heteroatoms. The highest BCUT2D eigenvalue weighted by Gasteiger charge is 2.25. The lowest BCUT2D eigenvalue weighted by atomic mass is 9.90. The zero-order chi connectivity index (χ0) is 20.3. The Morgan fingerprint density at radius 2 is 1.62 bits per heavy atom. The first-order valence-electron chi connectivity index (χ1n) is 9.43. The maximum atomic E-state index is 11.9. The Kier molecular flexibility index (Phi) is 11.7. The molecule has 0 aromatic rings. The van der Waals surface area contributed by atoms with Crippen LogP contribution in [0.25, 0.3) is 0 Å². The molecule has 0 aromatic carbocycles. The number of rotatable bonds is 12. The number of amides is 1. The standard InChI is InChI=1S/C19H35NO6/c1-7-16(21)25-18(13(4)5)26-19(24)20-11-15(17(22)23)10-14(6)9-8-12(2)3/h12-15,18H,7-11H2,1-6H3,(H,20,24)(H,22,23)/t14-,15+,18+/m0/s1. The second kappa shape index (κ2) is 12.5. The van der Waals surface area contributed by atoms with Crippen LogP contribution in [0, 0.1) is 23.7 Å². The van der Waals surface area contributed by atoms with Gasteiger partial charge in [0.25, 0.3) is 6.29 Å². The Bertz CT molecular complexity index is 449. The van der Waals surface area contributed by atoms with Gasteiger partial charge in [-0.3, -0.25) is 9.59 Å². The van der Waals surface area contributed by atoms with E-state index in [0.717, 1.165) is 12.8 Å². The van der Waals surface area contributed by atoms with Gasteiger partial charge in [0.05, 0.1) is 5.92 Å². The van der Waals surface area contributed by atoms with Crippen LogP contribution in [-0.4, -0.2) is 36.0 Å². The molecule has 0 radical (unpaired) electrons. The van der Waals surface area contributed by atoms with Crippen molar-refractivity contribution in [2.24, 2.45) is 23.7 Å². The van der Waals surface area contributed by atoms with E-state index >= 15 is 0 Å². The maximum absolute atomic E-state index is 11.9. The van der Waals surface area contributed by atoms with Gasteiger partial charge in [-0.15, -0.1) is 0 Å². The fourth-order valence-electron chi connectivity index (χ4n) is 2.36. The van der Waals surface area contributed by atoms with Crippen molar-refractivity contribution < 1.29 is 29.0 Å². The molecule has 26 heavy (non-hydrogen) atoms. The third-order valence-corrected chi connectivity index (χ3v) is 4.07. The van der Waals surface area contributed by atoms with Crippen molar-refractivity contribution in [3.05, 3.63) is 0 Å². The van der Waals surface area contributed by atoms with E-state index in [1.165, 1.54) is 0 Å². The molecular formula is C19H35NO6. The van der Waals surface area contributed by atoms with E-state index in [1.807, 2.05) is 6.92 Å². The predicted molar refractivity (Wildman–Crippen MR) is 98.5 cm³/mol. The summed E-state index contributed by atoms with van der Waals surface area (Å²) in [5, 5.41) is 11.8. The minimum Gasteiger partial charge on any atom is -0.481 e. The summed E-state index contributed by atoms with van der Waals surface area (Å²) in [5.74, 6) is -1.46. The highest BCUT2D eigenvalue weighted by molar-refractivity contribution is 5.73. The Labute approximate surface area is 156 Å². The van der Waals surface area contributed by atoms with Crippen LogP contribution in [0.4, 0.5) is 4.79 Å². The number of carboxylic acid groups (broad SMARTS) is 1. The molecule has 0 aliphatic carbocycles. The lowest BCUT2D eigenvalue weighted by molar-refractivity contribution is -0.174. The normalized spacial score (nSPS) is 14.6. The number of esters is 1. The molecule has 0 aliphatic heterocycles. The molecule has 0 rings (SSSR count). The molecule has 0 saturated heterocycles. The lowest BCUT2D eigenvalue weighted by Crippen LogP contribution is -2.38. The Balaban J connectivity index is 4.51. The van der Waals surface area contributed by atoms with Crippen LogP contribution in [-0.2, 0) is 19.1 Å². The van der Waals surface area contributed by atoms with Crippen molar-refractivity contribution in [3.63, 3.8) is 0 Å². The summed E-state index contributed by atoms with van der Waals surface area (Å²) in [6.45, 7) is 11.4. The van der Waals surface area contributed by atoms with Gasteiger partial charge in [-0.1, -0.05) is 54.4 Å². The third kappa shape index (κ3) is 10.9. The van der Waals surface area contributed by atoms with Gasteiger partial charge in [-0.05, 0) is 18.3 Å². The van der Waals surface area contributed by atoms with Gasteiger partial charge in [0.15, 0.2) is 0 Å². The van der Waals surface area contributed by atoms with E-state index in [1.54, 1.807) is 20.8 Å². The number of carboxylic acids is 1. The van der Waals surface area contributed by atoms with E-state index < -0.39 is 30.2 Å². The summed E-state index contributed by atoms with van der Waals surface area (Å²) < 4.78 is 10.2. The summed E-state index contributed by atoms with van der Waals surface area (Å²) in [7, 11) is 0. The van der Waals surface area contributed by atoms with Crippen LogP contribution in [0.3, 0.4) is 0 Å². The van der Waals surface area contributed by atoms with Gasteiger partial charge in [0.1, 0.15) is 0 Å². The number of carbonyl (C=O) groups is 3. The number of nitrogens with one attached hydrogen (secondary N) is 1. The summed E-state index contributed by atoms with van der Waals surface area (Å²) in [4.78, 5) is 34.8. The smallest absolute Gasteiger partial charge is 0.410 e. The highest BCUT2D eigenvalue weighted by Crippen LogP contribution is 2.20. The third-order valence-electron chi connectivity index (χ3n) is 4.07. The molecule has 152 valence electrons. The Morgan fingerprint density at radius 1 is 1.00 bits per heavy atom. The van der Waals surface area contributed by atoms with Crippen LogP contribution in [0.1, 0.15) is 67.2 Å². The van der Waals surface area contributed by atoms with Crippen LogP contribution in [0.2, 0.25) is 0 Å². The Hall–Kier alpha value is -1.79. The molecule has 0 aromatic heterocycles. The molecule has 7 nitrogen and oxygen atoms in total. The van der Waals surface area contributed by atoms with E-state index in [2.05, 4.69) is 19.2 Å². The highest BCUT2D eigenvalue weighted by atomic mass is 16.7. The summed E-state index contributed by atoms with van der Waals surface area (Å²) >= 11 is 0. The van der Waals surface area contributed by atoms with E-state index in [9.17, 15) is 19.5 Å². The summed E-state index contributed by atoms with van der Waals surface area (Å²) in [5.41, 5.74) is 0. The largest absolute Gasteiger partial charge is 0.481 e. The minimum absolute atomic E-state index is 0.0211. The fraction of sp³-hybridized carbons (Fsp3) is 0.842. The molecule has 0 fully saturated rings. The number of aliphatic carboxylic acids is 1. The van der Waals surface area contributed by atoms with Gasteiger partial charge in [0, 0.05) is 18.9 Å². The van der Waals surface area contributed by atoms with Gasteiger partial charge >= 0.3 is 18.0 Å².